The molecule has 2 nitrogen and oxygen atoms in total. The predicted molar refractivity (Wildman–Crippen MR) is 103 cm³/mol. The van der Waals surface area contributed by atoms with Crippen molar-refractivity contribution in [2.45, 2.75) is 6.54 Å². The van der Waals surface area contributed by atoms with Crippen molar-refractivity contribution in [3.05, 3.63) is 93.7 Å². The molecule has 0 aliphatic heterocycles. The standard InChI is InChI=1S/C20H16Cl2N2/c21-19-9-8-16(12-20(19)22)7-6-15-3-1-4-17(11-15)13-24-18-5-2-10-23-14-18/h1-12,14,24H,13H2/b7-6+. The van der Waals surface area contributed by atoms with E-state index in [4.69, 9.17) is 23.2 Å². The zero-order valence-electron chi connectivity index (χ0n) is 12.9. The normalized spacial score (nSPS) is 10.9. The van der Waals surface area contributed by atoms with Gasteiger partial charge in [0, 0.05) is 18.9 Å². The number of halogens is 2. The SMILES string of the molecule is Clc1ccc(/C=C/c2cccc(CNc3cccnc3)c2)cc1Cl. The highest BCUT2D eigenvalue weighted by atomic mass is 35.5. The summed E-state index contributed by atoms with van der Waals surface area (Å²) in [5.41, 5.74) is 4.36. The molecule has 0 saturated heterocycles. The van der Waals surface area contributed by atoms with Crippen molar-refractivity contribution in [3.63, 3.8) is 0 Å². The highest BCUT2D eigenvalue weighted by molar-refractivity contribution is 6.42. The molecule has 2 aromatic carbocycles. The fourth-order valence-corrected chi connectivity index (χ4v) is 2.59. The van der Waals surface area contributed by atoms with E-state index in [1.54, 1.807) is 12.3 Å². The van der Waals surface area contributed by atoms with E-state index in [1.807, 2.05) is 36.5 Å². The maximum Gasteiger partial charge on any atom is 0.0598 e. The van der Waals surface area contributed by atoms with Crippen molar-refractivity contribution in [3.8, 4) is 0 Å². The van der Waals surface area contributed by atoms with Gasteiger partial charge in [0.05, 0.1) is 15.7 Å². The third kappa shape index (κ3) is 4.60. The van der Waals surface area contributed by atoms with Crippen LogP contribution in [0.2, 0.25) is 10.0 Å². The van der Waals surface area contributed by atoms with Gasteiger partial charge in [-0.25, -0.2) is 0 Å². The molecule has 24 heavy (non-hydrogen) atoms. The molecule has 0 fully saturated rings. The van der Waals surface area contributed by atoms with Gasteiger partial charge in [0.15, 0.2) is 0 Å². The Morgan fingerprint density at radius 2 is 1.71 bits per heavy atom. The number of hydrogen-bond acceptors (Lipinski definition) is 2. The molecule has 0 saturated carbocycles. The van der Waals surface area contributed by atoms with Crippen LogP contribution in [0.5, 0.6) is 0 Å². The van der Waals surface area contributed by atoms with Crippen LogP contribution in [0.15, 0.2) is 67.0 Å². The Morgan fingerprint density at radius 3 is 2.46 bits per heavy atom. The Bertz CT molecular complexity index is 845. The molecule has 4 heteroatoms. The van der Waals surface area contributed by atoms with Gasteiger partial charge in [-0.2, -0.15) is 0 Å². The highest BCUT2D eigenvalue weighted by Gasteiger charge is 1.98. The van der Waals surface area contributed by atoms with Crippen LogP contribution in [0, 0.1) is 0 Å². The fraction of sp³-hybridized carbons (Fsp3) is 0.0500. The molecular weight excluding hydrogens is 339 g/mol. The molecule has 0 unspecified atom stereocenters. The van der Waals surface area contributed by atoms with Crippen molar-refractivity contribution in [1.29, 1.82) is 0 Å². The second kappa shape index (κ2) is 8.00. The summed E-state index contributed by atoms with van der Waals surface area (Å²) in [5, 5.41) is 4.49. The monoisotopic (exact) mass is 354 g/mol. The molecule has 1 aromatic heterocycles. The number of nitrogens with one attached hydrogen (secondary N) is 1. The average molecular weight is 355 g/mol. The summed E-state index contributed by atoms with van der Waals surface area (Å²) in [6, 6.07) is 17.9. The molecule has 120 valence electrons. The van der Waals surface area contributed by atoms with Gasteiger partial charge in [0.2, 0.25) is 0 Å². The number of benzene rings is 2. The lowest BCUT2D eigenvalue weighted by molar-refractivity contribution is 1.14. The lowest BCUT2D eigenvalue weighted by Gasteiger charge is -2.06. The molecule has 0 atom stereocenters. The first kappa shape index (κ1) is 16.6. The third-order valence-electron chi connectivity index (χ3n) is 3.52. The van der Waals surface area contributed by atoms with Crippen LogP contribution in [-0.4, -0.2) is 4.98 Å². The quantitative estimate of drug-likeness (QED) is 0.554. The molecule has 3 aromatic rings. The van der Waals surface area contributed by atoms with E-state index in [9.17, 15) is 0 Å². The summed E-state index contributed by atoms with van der Waals surface area (Å²) in [6.45, 7) is 0.750. The highest BCUT2D eigenvalue weighted by Crippen LogP contribution is 2.23. The summed E-state index contributed by atoms with van der Waals surface area (Å²) in [5.74, 6) is 0. The van der Waals surface area contributed by atoms with Crippen LogP contribution in [0.1, 0.15) is 16.7 Å². The van der Waals surface area contributed by atoms with Gasteiger partial charge in [-0.1, -0.05) is 59.6 Å². The fourth-order valence-electron chi connectivity index (χ4n) is 2.29. The zero-order chi connectivity index (χ0) is 16.8. The summed E-state index contributed by atoms with van der Waals surface area (Å²) in [4.78, 5) is 4.10. The minimum absolute atomic E-state index is 0.563. The van der Waals surface area contributed by atoms with E-state index in [2.05, 4.69) is 40.6 Å². The van der Waals surface area contributed by atoms with Gasteiger partial charge >= 0.3 is 0 Å². The van der Waals surface area contributed by atoms with E-state index in [1.165, 1.54) is 5.56 Å². The zero-order valence-corrected chi connectivity index (χ0v) is 14.4. The molecular formula is C20H16Cl2N2. The molecule has 1 heterocycles. The van der Waals surface area contributed by atoms with Crippen LogP contribution in [-0.2, 0) is 6.54 Å². The van der Waals surface area contributed by atoms with Crippen molar-refractivity contribution in [1.82, 2.24) is 4.98 Å². The van der Waals surface area contributed by atoms with Gasteiger partial charge in [-0.15, -0.1) is 0 Å². The molecule has 0 bridgehead atoms. The lowest BCUT2D eigenvalue weighted by atomic mass is 10.1. The van der Waals surface area contributed by atoms with Crippen molar-refractivity contribution >= 4 is 41.0 Å². The maximum absolute atomic E-state index is 6.04. The van der Waals surface area contributed by atoms with E-state index in [0.717, 1.165) is 23.4 Å². The smallest absolute Gasteiger partial charge is 0.0598 e. The second-order valence-corrected chi connectivity index (χ2v) is 6.16. The van der Waals surface area contributed by atoms with Crippen LogP contribution in [0.25, 0.3) is 12.2 Å². The maximum atomic E-state index is 6.04. The number of aromatic nitrogens is 1. The Labute approximate surface area is 151 Å². The van der Waals surface area contributed by atoms with Gasteiger partial charge in [-0.05, 0) is 47.0 Å². The van der Waals surface area contributed by atoms with Crippen LogP contribution in [0.4, 0.5) is 5.69 Å². The summed E-state index contributed by atoms with van der Waals surface area (Å²) in [6.07, 6.45) is 7.66. The molecule has 0 spiro atoms. The summed E-state index contributed by atoms with van der Waals surface area (Å²) < 4.78 is 0. The largest absolute Gasteiger partial charge is 0.380 e. The first-order valence-corrected chi connectivity index (χ1v) is 8.32. The number of anilines is 1. The molecule has 0 radical (unpaired) electrons. The van der Waals surface area contributed by atoms with Gasteiger partial charge in [-0.3, -0.25) is 4.98 Å². The topological polar surface area (TPSA) is 24.9 Å². The second-order valence-electron chi connectivity index (χ2n) is 5.35. The predicted octanol–water partition coefficient (Wildman–Crippen LogP) is 6.17. The van der Waals surface area contributed by atoms with E-state index < -0.39 is 0 Å². The molecule has 0 amide bonds. The van der Waals surface area contributed by atoms with Gasteiger partial charge < -0.3 is 5.32 Å². The van der Waals surface area contributed by atoms with Crippen LogP contribution < -0.4 is 5.32 Å². The lowest BCUT2D eigenvalue weighted by Crippen LogP contribution is -1.99. The number of hydrogen-bond donors (Lipinski definition) is 1. The molecule has 0 aliphatic rings. The Morgan fingerprint density at radius 1 is 0.875 bits per heavy atom. The molecule has 1 N–H and O–H groups in total. The first-order valence-electron chi connectivity index (χ1n) is 7.57. The Kier molecular flexibility index (Phi) is 5.52. The third-order valence-corrected chi connectivity index (χ3v) is 4.26. The number of pyridine rings is 1. The van der Waals surface area contributed by atoms with Crippen molar-refractivity contribution in [2.75, 3.05) is 5.32 Å². The minimum atomic E-state index is 0.563. The van der Waals surface area contributed by atoms with Crippen molar-refractivity contribution in [2.24, 2.45) is 0 Å². The number of nitrogens with zero attached hydrogens (tertiary/aromatic N) is 1. The van der Waals surface area contributed by atoms with E-state index in [0.29, 0.717) is 10.0 Å². The summed E-state index contributed by atoms with van der Waals surface area (Å²) in [7, 11) is 0. The van der Waals surface area contributed by atoms with Crippen molar-refractivity contribution < 1.29 is 0 Å². The Hall–Kier alpha value is -2.29. The first-order chi connectivity index (χ1) is 11.7. The molecule has 3 rings (SSSR count). The van der Waals surface area contributed by atoms with E-state index in [-0.39, 0.29) is 0 Å². The molecule has 0 aliphatic carbocycles. The number of rotatable bonds is 5. The Balaban J connectivity index is 1.68. The van der Waals surface area contributed by atoms with Gasteiger partial charge in [0.1, 0.15) is 0 Å². The average Bonchev–Trinajstić information content (AvgIpc) is 2.62. The van der Waals surface area contributed by atoms with Crippen LogP contribution >= 0.6 is 23.2 Å². The van der Waals surface area contributed by atoms with E-state index >= 15 is 0 Å². The van der Waals surface area contributed by atoms with Crippen LogP contribution in [0.3, 0.4) is 0 Å². The van der Waals surface area contributed by atoms with Gasteiger partial charge in [0.25, 0.3) is 0 Å². The minimum Gasteiger partial charge on any atom is -0.380 e. The summed E-state index contributed by atoms with van der Waals surface area (Å²) >= 11 is 12.0.